The summed E-state index contributed by atoms with van der Waals surface area (Å²) in [6.07, 6.45) is 1.65. The Bertz CT molecular complexity index is 666. The van der Waals surface area contributed by atoms with Gasteiger partial charge < -0.3 is 4.74 Å². The Kier molecular flexibility index (Phi) is 3.71. The second-order valence-corrected chi connectivity index (χ2v) is 6.37. The van der Waals surface area contributed by atoms with Gasteiger partial charge in [0, 0.05) is 5.56 Å². The van der Waals surface area contributed by atoms with E-state index in [1.54, 1.807) is 19.1 Å². The van der Waals surface area contributed by atoms with Gasteiger partial charge in [-0.3, -0.25) is 0 Å². The highest BCUT2D eigenvalue weighted by Crippen LogP contribution is 2.40. The molecule has 1 aliphatic heterocycles. The van der Waals surface area contributed by atoms with Crippen molar-refractivity contribution < 1.29 is 17.9 Å². The molecule has 0 radical (unpaired) electrons. The highest BCUT2D eigenvalue weighted by molar-refractivity contribution is 7.90. The fraction of sp³-hybridized carbons (Fsp3) is 0.357. The van der Waals surface area contributed by atoms with E-state index in [1.807, 2.05) is 6.92 Å². The number of aryl methyl sites for hydroxylation is 1. The van der Waals surface area contributed by atoms with Crippen LogP contribution in [0.15, 0.2) is 35.7 Å². The Balaban J connectivity index is 2.70. The van der Waals surface area contributed by atoms with Crippen molar-refractivity contribution in [3.8, 4) is 0 Å². The minimum atomic E-state index is -3.71. The first-order chi connectivity index (χ1) is 9.37. The number of fused-ring (bicyclic) bond motifs is 1. The van der Waals surface area contributed by atoms with Gasteiger partial charge in [0.15, 0.2) is 5.54 Å². The van der Waals surface area contributed by atoms with E-state index in [0.29, 0.717) is 5.56 Å². The molecule has 0 saturated heterocycles. The molecule has 0 fully saturated rings. The standard InChI is InChI=1S/C14H17NO4S/c1-4-8-14(13(16)19-5-2)11-9-10(3)6-7-12(11)20(17,18)15-14/h4,6-7,9,15H,1,5,8H2,2-3H3/t14-/m0/s1. The third-order valence-corrected chi connectivity index (χ3v) is 4.82. The SMILES string of the molecule is C=CC[C@]1(C(=O)OCC)NS(=O)(=O)c2ccc(C)cc21. The summed E-state index contributed by atoms with van der Waals surface area (Å²) < 4.78 is 31.9. The topological polar surface area (TPSA) is 72.5 Å². The van der Waals surface area contributed by atoms with Crippen LogP contribution in [-0.4, -0.2) is 21.0 Å². The molecule has 20 heavy (non-hydrogen) atoms. The summed E-state index contributed by atoms with van der Waals surface area (Å²) in [5.74, 6) is -0.604. The third-order valence-electron chi connectivity index (χ3n) is 3.27. The van der Waals surface area contributed by atoms with Crippen LogP contribution >= 0.6 is 0 Å². The Labute approximate surface area is 118 Å². The highest BCUT2D eigenvalue weighted by atomic mass is 32.2. The number of sulfonamides is 1. The summed E-state index contributed by atoms with van der Waals surface area (Å²) >= 11 is 0. The van der Waals surface area contributed by atoms with E-state index in [-0.39, 0.29) is 17.9 Å². The van der Waals surface area contributed by atoms with Crippen molar-refractivity contribution >= 4 is 16.0 Å². The molecule has 2 rings (SSSR count). The molecule has 1 heterocycles. The average Bonchev–Trinajstić information content (AvgIpc) is 2.59. The van der Waals surface area contributed by atoms with Gasteiger partial charge in [0.2, 0.25) is 10.0 Å². The van der Waals surface area contributed by atoms with Crippen molar-refractivity contribution in [2.75, 3.05) is 6.61 Å². The fourth-order valence-corrected chi connectivity index (χ4v) is 4.02. The molecule has 108 valence electrons. The number of hydrogen-bond donors (Lipinski definition) is 1. The summed E-state index contributed by atoms with van der Waals surface area (Å²) in [6.45, 7) is 7.32. The van der Waals surface area contributed by atoms with Crippen molar-refractivity contribution in [3.63, 3.8) is 0 Å². The van der Waals surface area contributed by atoms with Crippen LogP contribution in [0.2, 0.25) is 0 Å². The Morgan fingerprint density at radius 1 is 1.50 bits per heavy atom. The van der Waals surface area contributed by atoms with E-state index in [0.717, 1.165) is 5.56 Å². The van der Waals surface area contributed by atoms with E-state index in [1.165, 1.54) is 12.1 Å². The maximum absolute atomic E-state index is 12.3. The molecule has 1 aromatic carbocycles. The van der Waals surface area contributed by atoms with Gasteiger partial charge in [0.25, 0.3) is 0 Å². The molecule has 0 unspecified atom stereocenters. The van der Waals surface area contributed by atoms with E-state index in [2.05, 4.69) is 11.3 Å². The molecule has 1 N–H and O–H groups in total. The summed E-state index contributed by atoms with van der Waals surface area (Å²) in [4.78, 5) is 12.4. The lowest BCUT2D eigenvalue weighted by Crippen LogP contribution is -2.47. The first kappa shape index (κ1) is 14.7. The molecule has 5 nitrogen and oxygen atoms in total. The van der Waals surface area contributed by atoms with Crippen LogP contribution in [-0.2, 0) is 25.1 Å². The maximum atomic E-state index is 12.3. The van der Waals surface area contributed by atoms with Crippen molar-refractivity contribution in [2.24, 2.45) is 0 Å². The van der Waals surface area contributed by atoms with Crippen molar-refractivity contribution in [1.29, 1.82) is 0 Å². The van der Waals surface area contributed by atoms with Crippen molar-refractivity contribution in [2.45, 2.75) is 30.7 Å². The smallest absolute Gasteiger partial charge is 0.332 e. The molecule has 0 saturated carbocycles. The Hall–Kier alpha value is -1.66. The van der Waals surface area contributed by atoms with Crippen LogP contribution in [0.4, 0.5) is 0 Å². The molecule has 1 atom stereocenters. The molecular weight excluding hydrogens is 278 g/mol. The molecule has 1 aromatic rings. The molecular formula is C14H17NO4S. The number of esters is 1. The molecule has 0 aromatic heterocycles. The van der Waals surface area contributed by atoms with Crippen LogP contribution in [0, 0.1) is 6.92 Å². The lowest BCUT2D eigenvalue weighted by atomic mass is 9.87. The summed E-state index contributed by atoms with van der Waals surface area (Å²) in [5.41, 5.74) is -0.103. The van der Waals surface area contributed by atoms with Gasteiger partial charge in [-0.2, -0.15) is 4.72 Å². The molecule has 6 heteroatoms. The number of nitrogens with one attached hydrogen (secondary N) is 1. The van der Waals surface area contributed by atoms with Crippen LogP contribution in [0.3, 0.4) is 0 Å². The lowest BCUT2D eigenvalue weighted by Gasteiger charge is -2.25. The number of hydrogen-bond acceptors (Lipinski definition) is 4. The Morgan fingerprint density at radius 2 is 2.20 bits per heavy atom. The number of rotatable bonds is 4. The van der Waals surface area contributed by atoms with Gasteiger partial charge in [-0.25, -0.2) is 13.2 Å². The minimum absolute atomic E-state index is 0.123. The van der Waals surface area contributed by atoms with Gasteiger partial charge in [-0.1, -0.05) is 23.8 Å². The van der Waals surface area contributed by atoms with E-state index in [4.69, 9.17) is 4.74 Å². The largest absolute Gasteiger partial charge is 0.464 e. The molecule has 0 amide bonds. The van der Waals surface area contributed by atoms with Crippen LogP contribution in [0.1, 0.15) is 24.5 Å². The highest BCUT2D eigenvalue weighted by Gasteiger charge is 2.52. The van der Waals surface area contributed by atoms with E-state index in [9.17, 15) is 13.2 Å². The predicted molar refractivity (Wildman–Crippen MR) is 74.6 cm³/mol. The van der Waals surface area contributed by atoms with Crippen LogP contribution < -0.4 is 4.72 Å². The summed E-state index contributed by atoms with van der Waals surface area (Å²) in [5, 5.41) is 0. The van der Waals surface area contributed by atoms with Gasteiger partial charge in [-0.05, 0) is 26.3 Å². The van der Waals surface area contributed by atoms with Gasteiger partial charge in [-0.15, -0.1) is 6.58 Å². The second kappa shape index (κ2) is 5.03. The quantitative estimate of drug-likeness (QED) is 0.677. The van der Waals surface area contributed by atoms with E-state index >= 15 is 0 Å². The van der Waals surface area contributed by atoms with E-state index < -0.39 is 21.5 Å². The predicted octanol–water partition coefficient (Wildman–Crippen LogP) is 1.62. The zero-order valence-electron chi connectivity index (χ0n) is 11.5. The number of carbonyl (C=O) groups excluding carboxylic acids is 1. The molecule has 0 spiro atoms. The Morgan fingerprint density at radius 3 is 2.80 bits per heavy atom. The summed E-state index contributed by atoms with van der Waals surface area (Å²) in [7, 11) is -3.71. The first-order valence-corrected chi connectivity index (χ1v) is 7.79. The zero-order chi connectivity index (χ0) is 15.0. The van der Waals surface area contributed by atoms with Gasteiger partial charge in [0.1, 0.15) is 0 Å². The van der Waals surface area contributed by atoms with Crippen molar-refractivity contribution in [3.05, 3.63) is 42.0 Å². The number of benzene rings is 1. The third kappa shape index (κ3) is 2.14. The van der Waals surface area contributed by atoms with Crippen LogP contribution in [0.25, 0.3) is 0 Å². The number of carbonyl (C=O) groups is 1. The normalized spacial score (nSPS) is 23.1. The zero-order valence-corrected chi connectivity index (χ0v) is 12.3. The van der Waals surface area contributed by atoms with Gasteiger partial charge in [0.05, 0.1) is 11.5 Å². The second-order valence-electron chi connectivity index (χ2n) is 4.72. The number of ether oxygens (including phenoxy) is 1. The van der Waals surface area contributed by atoms with Crippen molar-refractivity contribution in [1.82, 2.24) is 4.72 Å². The minimum Gasteiger partial charge on any atom is -0.464 e. The average molecular weight is 295 g/mol. The first-order valence-electron chi connectivity index (χ1n) is 6.30. The fourth-order valence-electron chi connectivity index (χ4n) is 2.41. The molecule has 0 aliphatic carbocycles. The maximum Gasteiger partial charge on any atom is 0.332 e. The molecule has 0 bridgehead atoms. The van der Waals surface area contributed by atoms with Gasteiger partial charge >= 0.3 is 5.97 Å². The lowest BCUT2D eigenvalue weighted by molar-refractivity contribution is -0.150. The molecule has 1 aliphatic rings. The summed E-state index contributed by atoms with van der Waals surface area (Å²) in [6, 6.07) is 4.91. The monoisotopic (exact) mass is 295 g/mol. The van der Waals surface area contributed by atoms with Crippen LogP contribution in [0.5, 0.6) is 0 Å².